The van der Waals surface area contributed by atoms with Gasteiger partial charge in [0.25, 0.3) is 0 Å². The van der Waals surface area contributed by atoms with E-state index in [1.807, 2.05) is 18.9 Å². The molecule has 2 heterocycles. The van der Waals surface area contributed by atoms with Gasteiger partial charge in [-0.25, -0.2) is 0 Å². The fourth-order valence-electron chi connectivity index (χ4n) is 2.31. The molecule has 0 unspecified atom stereocenters. The Labute approximate surface area is 126 Å². The molecule has 21 heavy (non-hydrogen) atoms. The number of nitrogens with one attached hydrogen (secondary N) is 1. The average Bonchev–Trinajstić information content (AvgIpc) is 2.53. The molecule has 1 aliphatic rings. The minimum absolute atomic E-state index is 0.456. The summed E-state index contributed by atoms with van der Waals surface area (Å²) in [6.07, 6.45) is 4.10. The molecule has 0 saturated carbocycles. The number of hydrogen-bond acceptors (Lipinski definition) is 7. The van der Waals surface area contributed by atoms with Gasteiger partial charge in [-0.05, 0) is 26.2 Å². The molecule has 7 nitrogen and oxygen atoms in total. The third-order valence-electron chi connectivity index (χ3n) is 3.49. The highest BCUT2D eigenvalue weighted by molar-refractivity contribution is 5.45. The monoisotopic (exact) mass is 289 g/mol. The largest absolute Gasteiger partial charge is 0.354 e. The van der Waals surface area contributed by atoms with Crippen molar-refractivity contribution in [1.82, 2.24) is 15.0 Å². The van der Waals surface area contributed by atoms with Crippen LogP contribution < -0.4 is 15.1 Å². The van der Waals surface area contributed by atoms with E-state index in [2.05, 4.69) is 31.2 Å². The lowest BCUT2D eigenvalue weighted by atomic mass is 10.1. The van der Waals surface area contributed by atoms with Gasteiger partial charge in [0.1, 0.15) is 0 Å². The molecule has 114 valence electrons. The summed E-state index contributed by atoms with van der Waals surface area (Å²) in [5.74, 6) is 1.96. The topological polar surface area (TPSA) is 81.0 Å². The van der Waals surface area contributed by atoms with Gasteiger partial charge in [0.2, 0.25) is 17.8 Å². The van der Waals surface area contributed by atoms with E-state index in [1.165, 1.54) is 19.3 Å². The molecule has 0 spiro atoms. The van der Waals surface area contributed by atoms with Crippen molar-refractivity contribution >= 4 is 17.8 Å². The SMILES string of the molecule is CCNc1nc(N(C)CCC#N)nc(N2CCCCC2)n1. The van der Waals surface area contributed by atoms with Crippen LogP contribution in [0.1, 0.15) is 32.6 Å². The molecule has 1 aromatic rings. The zero-order valence-electron chi connectivity index (χ0n) is 12.8. The molecule has 0 aliphatic carbocycles. The summed E-state index contributed by atoms with van der Waals surface area (Å²) in [5, 5.41) is 11.9. The summed E-state index contributed by atoms with van der Waals surface area (Å²) < 4.78 is 0. The number of piperidine rings is 1. The molecule has 1 fully saturated rings. The second-order valence-electron chi connectivity index (χ2n) is 5.17. The Morgan fingerprint density at radius 1 is 1.24 bits per heavy atom. The number of hydrogen-bond donors (Lipinski definition) is 1. The predicted molar refractivity (Wildman–Crippen MR) is 83.6 cm³/mol. The second-order valence-corrected chi connectivity index (χ2v) is 5.17. The highest BCUT2D eigenvalue weighted by Gasteiger charge is 2.17. The van der Waals surface area contributed by atoms with Gasteiger partial charge in [-0.2, -0.15) is 20.2 Å². The first-order chi connectivity index (χ1) is 10.2. The van der Waals surface area contributed by atoms with Gasteiger partial charge < -0.3 is 15.1 Å². The van der Waals surface area contributed by atoms with E-state index in [9.17, 15) is 0 Å². The fraction of sp³-hybridized carbons (Fsp3) is 0.714. The maximum atomic E-state index is 8.71. The summed E-state index contributed by atoms with van der Waals surface area (Å²) in [7, 11) is 1.91. The van der Waals surface area contributed by atoms with Crippen LogP contribution in [0.2, 0.25) is 0 Å². The fourth-order valence-corrected chi connectivity index (χ4v) is 2.31. The Bertz CT molecular complexity index is 491. The lowest BCUT2D eigenvalue weighted by Crippen LogP contribution is -2.32. The van der Waals surface area contributed by atoms with Crippen LogP contribution in [0.25, 0.3) is 0 Å². The van der Waals surface area contributed by atoms with Crippen LogP contribution in [-0.2, 0) is 0 Å². The Balaban J connectivity index is 2.22. The van der Waals surface area contributed by atoms with Crippen LogP contribution in [-0.4, -0.2) is 48.2 Å². The van der Waals surface area contributed by atoms with Crippen molar-refractivity contribution in [2.24, 2.45) is 0 Å². The predicted octanol–water partition coefficient (Wildman–Crippen LogP) is 1.64. The van der Waals surface area contributed by atoms with Crippen molar-refractivity contribution in [2.45, 2.75) is 32.6 Å². The van der Waals surface area contributed by atoms with E-state index in [-0.39, 0.29) is 0 Å². The van der Waals surface area contributed by atoms with Crippen LogP contribution in [0.3, 0.4) is 0 Å². The Hall–Kier alpha value is -2.10. The van der Waals surface area contributed by atoms with E-state index in [4.69, 9.17) is 5.26 Å². The van der Waals surface area contributed by atoms with Gasteiger partial charge >= 0.3 is 0 Å². The lowest BCUT2D eigenvalue weighted by molar-refractivity contribution is 0.567. The molecule has 0 aromatic carbocycles. The summed E-state index contributed by atoms with van der Waals surface area (Å²) >= 11 is 0. The standard InChI is InChI=1S/C14H23N7/c1-3-16-12-17-13(20(2)9-7-8-15)19-14(18-12)21-10-5-4-6-11-21/h3-7,9-11H2,1-2H3,(H,16,17,18,19). The maximum Gasteiger partial charge on any atom is 0.231 e. The lowest BCUT2D eigenvalue weighted by Gasteiger charge is -2.27. The molecular weight excluding hydrogens is 266 g/mol. The van der Waals surface area contributed by atoms with Gasteiger partial charge in [0, 0.05) is 33.2 Å². The first kappa shape index (κ1) is 15.3. The van der Waals surface area contributed by atoms with Gasteiger partial charge in [-0.15, -0.1) is 0 Å². The first-order valence-corrected chi connectivity index (χ1v) is 7.57. The van der Waals surface area contributed by atoms with Crippen LogP contribution >= 0.6 is 0 Å². The molecule has 1 aromatic heterocycles. The first-order valence-electron chi connectivity index (χ1n) is 7.57. The third kappa shape index (κ3) is 4.18. The molecule has 2 rings (SSSR count). The molecule has 1 N–H and O–H groups in total. The van der Waals surface area contributed by atoms with E-state index in [0.29, 0.717) is 24.9 Å². The molecule has 1 aliphatic heterocycles. The molecule has 0 bridgehead atoms. The van der Waals surface area contributed by atoms with Crippen molar-refractivity contribution in [1.29, 1.82) is 5.26 Å². The normalized spacial score (nSPS) is 14.6. The van der Waals surface area contributed by atoms with E-state index >= 15 is 0 Å². The minimum Gasteiger partial charge on any atom is -0.354 e. The average molecular weight is 289 g/mol. The summed E-state index contributed by atoms with van der Waals surface area (Å²) in [4.78, 5) is 17.6. The number of aromatic nitrogens is 3. The van der Waals surface area contributed by atoms with Crippen molar-refractivity contribution in [3.05, 3.63) is 0 Å². The zero-order valence-corrected chi connectivity index (χ0v) is 12.8. The van der Waals surface area contributed by atoms with Crippen molar-refractivity contribution in [3.8, 4) is 6.07 Å². The number of nitriles is 1. The smallest absolute Gasteiger partial charge is 0.231 e. The van der Waals surface area contributed by atoms with Gasteiger partial charge in [-0.1, -0.05) is 0 Å². The van der Waals surface area contributed by atoms with Crippen molar-refractivity contribution in [3.63, 3.8) is 0 Å². The van der Waals surface area contributed by atoms with Crippen molar-refractivity contribution < 1.29 is 0 Å². The number of anilines is 3. The van der Waals surface area contributed by atoms with E-state index < -0.39 is 0 Å². The minimum atomic E-state index is 0.456. The van der Waals surface area contributed by atoms with E-state index in [1.54, 1.807) is 0 Å². The maximum absolute atomic E-state index is 8.71. The quantitative estimate of drug-likeness (QED) is 0.852. The third-order valence-corrected chi connectivity index (χ3v) is 3.49. The molecule has 1 saturated heterocycles. The highest BCUT2D eigenvalue weighted by Crippen LogP contribution is 2.19. The second kappa shape index (κ2) is 7.62. The summed E-state index contributed by atoms with van der Waals surface area (Å²) in [6, 6.07) is 2.15. The van der Waals surface area contributed by atoms with Gasteiger partial charge in [-0.3, -0.25) is 0 Å². The Morgan fingerprint density at radius 3 is 2.67 bits per heavy atom. The van der Waals surface area contributed by atoms with Gasteiger partial charge in [0.15, 0.2) is 0 Å². The van der Waals surface area contributed by atoms with Crippen LogP contribution in [0.15, 0.2) is 0 Å². The Kier molecular flexibility index (Phi) is 5.55. The summed E-state index contributed by atoms with van der Waals surface area (Å²) in [6.45, 7) is 5.40. The molecule has 0 atom stereocenters. The molecule has 7 heteroatoms. The highest BCUT2D eigenvalue weighted by atomic mass is 15.4. The summed E-state index contributed by atoms with van der Waals surface area (Å²) in [5.41, 5.74) is 0. The van der Waals surface area contributed by atoms with E-state index in [0.717, 1.165) is 25.6 Å². The number of rotatable bonds is 6. The molecular formula is C14H23N7. The van der Waals surface area contributed by atoms with Crippen LogP contribution in [0.5, 0.6) is 0 Å². The van der Waals surface area contributed by atoms with Crippen LogP contribution in [0.4, 0.5) is 17.8 Å². The molecule has 0 amide bonds. The Morgan fingerprint density at radius 2 is 2.00 bits per heavy atom. The molecule has 0 radical (unpaired) electrons. The van der Waals surface area contributed by atoms with Crippen LogP contribution in [0, 0.1) is 11.3 Å². The zero-order chi connectivity index (χ0) is 15.1. The number of nitrogens with zero attached hydrogens (tertiary/aromatic N) is 6. The van der Waals surface area contributed by atoms with Gasteiger partial charge in [0.05, 0.1) is 12.5 Å². The van der Waals surface area contributed by atoms with Crippen molar-refractivity contribution in [2.75, 3.05) is 48.3 Å².